The summed E-state index contributed by atoms with van der Waals surface area (Å²) in [7, 11) is 0. The molecule has 24 heavy (non-hydrogen) atoms. The maximum absolute atomic E-state index is 12.5. The summed E-state index contributed by atoms with van der Waals surface area (Å²) in [6, 6.07) is 10.3. The van der Waals surface area contributed by atoms with Crippen LogP contribution in [0.1, 0.15) is 50.5 Å². The first kappa shape index (κ1) is 18.2. The monoisotopic (exact) mass is 330 g/mol. The molecule has 0 saturated carbocycles. The summed E-state index contributed by atoms with van der Waals surface area (Å²) in [6.45, 7) is 2.89. The molecule has 0 saturated heterocycles. The van der Waals surface area contributed by atoms with E-state index in [-0.39, 0.29) is 18.2 Å². The maximum Gasteiger partial charge on any atom is 0.243 e. The van der Waals surface area contributed by atoms with Crippen LogP contribution in [0.15, 0.2) is 42.6 Å². The van der Waals surface area contributed by atoms with E-state index in [0.29, 0.717) is 25.3 Å². The molecule has 0 spiro atoms. The molecule has 2 amide bonds. The number of benzene rings is 1. The second-order valence-electron chi connectivity index (χ2n) is 6.38. The van der Waals surface area contributed by atoms with Crippen molar-refractivity contribution in [2.24, 2.45) is 5.92 Å². The van der Waals surface area contributed by atoms with E-state index in [0.717, 1.165) is 12.8 Å². The zero-order chi connectivity index (χ0) is 17.4. The fourth-order valence-corrected chi connectivity index (χ4v) is 3.03. The highest BCUT2D eigenvalue weighted by molar-refractivity contribution is 5.81. The molecule has 1 aliphatic heterocycles. The predicted molar refractivity (Wildman–Crippen MR) is 92.2 cm³/mol. The van der Waals surface area contributed by atoms with E-state index in [1.54, 1.807) is 10.4 Å². The molecule has 0 radical (unpaired) electrons. The van der Waals surface area contributed by atoms with Crippen LogP contribution >= 0.6 is 0 Å². The summed E-state index contributed by atoms with van der Waals surface area (Å²) >= 11 is 0. The Labute approximate surface area is 143 Å². The van der Waals surface area contributed by atoms with Crippen LogP contribution in [0.25, 0.3) is 0 Å². The van der Waals surface area contributed by atoms with E-state index in [2.05, 4.69) is 19.1 Å². The molecule has 130 valence electrons. The van der Waals surface area contributed by atoms with Gasteiger partial charge in [0.1, 0.15) is 0 Å². The van der Waals surface area contributed by atoms with E-state index in [4.69, 9.17) is 5.21 Å². The number of rotatable bonds is 8. The van der Waals surface area contributed by atoms with Gasteiger partial charge in [-0.1, -0.05) is 43.3 Å². The van der Waals surface area contributed by atoms with Gasteiger partial charge in [-0.05, 0) is 37.2 Å². The van der Waals surface area contributed by atoms with Crippen molar-refractivity contribution >= 4 is 11.8 Å². The van der Waals surface area contributed by atoms with Crippen LogP contribution in [-0.2, 0) is 9.59 Å². The van der Waals surface area contributed by atoms with Gasteiger partial charge in [0, 0.05) is 25.1 Å². The number of hydrogen-bond acceptors (Lipinski definition) is 3. The predicted octanol–water partition coefficient (Wildman–Crippen LogP) is 3.22. The maximum atomic E-state index is 12.5. The Kier molecular flexibility index (Phi) is 7.00. The minimum atomic E-state index is -0.401. The van der Waals surface area contributed by atoms with Crippen LogP contribution in [-0.4, -0.2) is 28.5 Å². The van der Waals surface area contributed by atoms with Crippen LogP contribution < -0.4 is 5.48 Å². The number of hydrogen-bond donors (Lipinski definition) is 2. The summed E-state index contributed by atoms with van der Waals surface area (Å²) in [5, 5.41) is 8.50. The van der Waals surface area contributed by atoms with Gasteiger partial charge in [-0.25, -0.2) is 5.48 Å². The standard InChI is InChI=1S/C19H26N2O3/c1-15(16-7-3-2-4-8-16)12-14-21-13-6-10-17(19(21)23)9-5-11-18(22)20-24/h2-4,6-8,13,15,17,24H,5,9-12,14H2,1H3,(H,20,22). The van der Waals surface area contributed by atoms with E-state index in [9.17, 15) is 9.59 Å². The molecule has 1 aromatic carbocycles. The molecule has 0 fully saturated rings. The van der Waals surface area contributed by atoms with Crippen molar-refractivity contribution in [2.75, 3.05) is 6.54 Å². The fraction of sp³-hybridized carbons (Fsp3) is 0.474. The van der Waals surface area contributed by atoms with Crippen LogP contribution in [0.4, 0.5) is 0 Å². The van der Waals surface area contributed by atoms with Gasteiger partial charge < -0.3 is 4.90 Å². The number of amides is 2. The third-order valence-electron chi connectivity index (χ3n) is 4.59. The van der Waals surface area contributed by atoms with E-state index in [1.807, 2.05) is 30.5 Å². The fourth-order valence-electron chi connectivity index (χ4n) is 3.03. The zero-order valence-corrected chi connectivity index (χ0v) is 14.1. The van der Waals surface area contributed by atoms with Crippen molar-refractivity contribution in [2.45, 2.75) is 44.9 Å². The SMILES string of the molecule is CC(CCN1C=CCC(CCCC(=O)NO)C1=O)c1ccccc1. The van der Waals surface area contributed by atoms with Crippen LogP contribution in [0.2, 0.25) is 0 Å². The van der Waals surface area contributed by atoms with Crippen LogP contribution in [0.3, 0.4) is 0 Å². The van der Waals surface area contributed by atoms with E-state index < -0.39 is 5.91 Å². The number of nitrogens with one attached hydrogen (secondary N) is 1. The van der Waals surface area contributed by atoms with Crippen molar-refractivity contribution in [3.8, 4) is 0 Å². The van der Waals surface area contributed by atoms with E-state index in [1.165, 1.54) is 5.56 Å². The van der Waals surface area contributed by atoms with Gasteiger partial charge in [-0.2, -0.15) is 0 Å². The Morgan fingerprint density at radius 1 is 1.38 bits per heavy atom. The number of carbonyl (C=O) groups is 2. The highest BCUT2D eigenvalue weighted by atomic mass is 16.5. The first-order valence-corrected chi connectivity index (χ1v) is 8.57. The van der Waals surface area contributed by atoms with Gasteiger partial charge in [-0.3, -0.25) is 14.8 Å². The molecule has 0 aromatic heterocycles. The summed E-state index contributed by atoms with van der Waals surface area (Å²) in [4.78, 5) is 25.4. The average Bonchev–Trinajstić information content (AvgIpc) is 2.62. The molecule has 0 aliphatic carbocycles. The number of carbonyl (C=O) groups excluding carboxylic acids is 2. The molecule has 2 rings (SSSR count). The summed E-state index contributed by atoms with van der Waals surface area (Å²) in [5.74, 6) is 0.0825. The molecular formula is C19H26N2O3. The topological polar surface area (TPSA) is 69.6 Å². The number of hydroxylamine groups is 1. The molecule has 1 aromatic rings. The second-order valence-corrected chi connectivity index (χ2v) is 6.38. The van der Waals surface area contributed by atoms with Gasteiger partial charge in [0.2, 0.25) is 11.8 Å². The van der Waals surface area contributed by atoms with Gasteiger partial charge >= 0.3 is 0 Å². The van der Waals surface area contributed by atoms with Gasteiger partial charge in [-0.15, -0.1) is 0 Å². The normalized spacial score (nSPS) is 18.5. The number of allylic oxidation sites excluding steroid dienone is 1. The lowest BCUT2D eigenvalue weighted by molar-refractivity contribution is -0.134. The minimum absolute atomic E-state index is 0.0616. The Balaban J connectivity index is 1.81. The van der Waals surface area contributed by atoms with Crippen molar-refractivity contribution in [1.82, 2.24) is 10.4 Å². The van der Waals surface area contributed by atoms with Crippen molar-refractivity contribution in [3.05, 3.63) is 48.2 Å². The Hall–Kier alpha value is -2.14. The zero-order valence-electron chi connectivity index (χ0n) is 14.1. The van der Waals surface area contributed by atoms with Crippen LogP contribution in [0, 0.1) is 5.92 Å². The van der Waals surface area contributed by atoms with E-state index >= 15 is 0 Å². The molecule has 1 heterocycles. The third kappa shape index (κ3) is 5.20. The molecule has 2 N–H and O–H groups in total. The Morgan fingerprint density at radius 3 is 2.83 bits per heavy atom. The Bertz CT molecular complexity index is 571. The van der Waals surface area contributed by atoms with Crippen molar-refractivity contribution < 1.29 is 14.8 Å². The summed E-state index contributed by atoms with van der Waals surface area (Å²) in [5.41, 5.74) is 2.91. The van der Waals surface area contributed by atoms with Gasteiger partial charge in [0.15, 0.2) is 0 Å². The highest BCUT2D eigenvalue weighted by Crippen LogP contribution is 2.24. The first-order chi connectivity index (χ1) is 11.6. The highest BCUT2D eigenvalue weighted by Gasteiger charge is 2.25. The molecule has 1 aliphatic rings. The smallest absolute Gasteiger partial charge is 0.243 e. The molecule has 5 nitrogen and oxygen atoms in total. The lowest BCUT2D eigenvalue weighted by Crippen LogP contribution is -2.35. The molecular weight excluding hydrogens is 304 g/mol. The lowest BCUT2D eigenvalue weighted by atomic mass is 9.93. The van der Waals surface area contributed by atoms with Gasteiger partial charge in [0.05, 0.1) is 0 Å². The van der Waals surface area contributed by atoms with Gasteiger partial charge in [0.25, 0.3) is 0 Å². The van der Waals surface area contributed by atoms with Crippen LogP contribution in [0.5, 0.6) is 0 Å². The number of nitrogens with zero attached hydrogens (tertiary/aromatic N) is 1. The molecule has 0 bridgehead atoms. The summed E-state index contributed by atoms with van der Waals surface area (Å²) < 4.78 is 0. The average molecular weight is 330 g/mol. The van der Waals surface area contributed by atoms with Crippen molar-refractivity contribution in [1.29, 1.82) is 0 Å². The lowest BCUT2D eigenvalue weighted by Gasteiger charge is -2.28. The largest absolute Gasteiger partial charge is 0.319 e. The quantitative estimate of drug-likeness (QED) is 0.568. The molecule has 2 unspecified atom stereocenters. The third-order valence-corrected chi connectivity index (χ3v) is 4.59. The first-order valence-electron chi connectivity index (χ1n) is 8.57. The second kappa shape index (κ2) is 9.23. The summed E-state index contributed by atoms with van der Waals surface area (Å²) in [6.07, 6.45) is 7.08. The van der Waals surface area contributed by atoms with Crippen molar-refractivity contribution in [3.63, 3.8) is 0 Å². The Morgan fingerprint density at radius 2 is 2.12 bits per heavy atom. The molecule has 5 heteroatoms. The molecule has 2 atom stereocenters. The minimum Gasteiger partial charge on any atom is -0.319 e.